The second-order valence-electron chi connectivity index (χ2n) is 5.06. The van der Waals surface area contributed by atoms with Crippen LogP contribution < -0.4 is 5.32 Å². The van der Waals surface area contributed by atoms with Crippen LogP contribution >= 0.6 is 11.6 Å². The molecule has 0 bridgehead atoms. The molecule has 1 aliphatic rings. The molecule has 4 heteroatoms. The van der Waals surface area contributed by atoms with Crippen molar-refractivity contribution >= 4 is 11.6 Å². The summed E-state index contributed by atoms with van der Waals surface area (Å²) >= 11 is 6.05. The average molecular weight is 322 g/mol. The number of halogens is 1. The van der Waals surface area contributed by atoms with E-state index in [2.05, 4.69) is 34.2 Å². The minimum Gasteiger partial charge on any atom is -0.317 e. The summed E-state index contributed by atoms with van der Waals surface area (Å²) in [7, 11) is 0. The average Bonchev–Trinajstić information content (AvgIpc) is 3.04. The van der Waals surface area contributed by atoms with Crippen LogP contribution in [0.4, 0.5) is 0 Å². The smallest absolute Gasteiger partial charge is 0.0656 e. The molecular formula is C18H28ClN3. The Balaban J connectivity index is 0.00000116. The highest BCUT2D eigenvalue weighted by molar-refractivity contribution is 6.31. The van der Waals surface area contributed by atoms with Crippen LogP contribution in [0.3, 0.4) is 0 Å². The summed E-state index contributed by atoms with van der Waals surface area (Å²) in [5, 5.41) is 11.7. The van der Waals surface area contributed by atoms with Gasteiger partial charge in [-0.15, -0.1) is 6.58 Å². The molecule has 2 rings (SSSR count). The van der Waals surface area contributed by atoms with Gasteiger partial charge in [0, 0.05) is 23.1 Å². The molecule has 1 aliphatic heterocycles. The quantitative estimate of drug-likeness (QED) is 0.589. The van der Waals surface area contributed by atoms with Crippen LogP contribution in [0.5, 0.6) is 0 Å². The molecule has 1 fully saturated rings. The predicted molar refractivity (Wildman–Crippen MR) is 96.4 cm³/mol. The van der Waals surface area contributed by atoms with Gasteiger partial charge in [0.25, 0.3) is 0 Å². The Bertz CT molecular complexity index is 482. The third-order valence-corrected chi connectivity index (χ3v) is 3.78. The molecule has 3 nitrogen and oxygen atoms in total. The normalized spacial score (nSPS) is 16.4. The van der Waals surface area contributed by atoms with Crippen LogP contribution in [0.1, 0.15) is 50.4 Å². The largest absolute Gasteiger partial charge is 0.317 e. The second kappa shape index (κ2) is 11.3. The number of nitrogens with one attached hydrogen (secondary N) is 2. The van der Waals surface area contributed by atoms with Gasteiger partial charge in [0.15, 0.2) is 0 Å². The Kier molecular flexibility index (Phi) is 9.60. The van der Waals surface area contributed by atoms with Crippen LogP contribution in [0.2, 0.25) is 0 Å². The Labute approximate surface area is 139 Å². The lowest BCUT2D eigenvalue weighted by Gasteiger charge is -2.20. The topological polar surface area (TPSA) is 40.7 Å². The summed E-state index contributed by atoms with van der Waals surface area (Å²) in [6, 6.07) is 2.18. The summed E-state index contributed by atoms with van der Waals surface area (Å²) in [5.74, 6) is 0.598. The zero-order chi connectivity index (χ0) is 16.2. The van der Waals surface area contributed by atoms with Crippen molar-refractivity contribution in [3.63, 3.8) is 0 Å². The van der Waals surface area contributed by atoms with E-state index in [0.717, 1.165) is 36.7 Å². The van der Waals surface area contributed by atoms with Crippen LogP contribution in [0.25, 0.3) is 0 Å². The number of hydrogen-bond donors (Lipinski definition) is 2. The predicted octanol–water partition coefficient (Wildman–Crippen LogP) is 4.70. The van der Waals surface area contributed by atoms with Gasteiger partial charge in [0.1, 0.15) is 0 Å². The summed E-state index contributed by atoms with van der Waals surface area (Å²) in [5.41, 5.74) is 2.34. The fraction of sp³-hybridized carbons (Fsp3) is 0.500. The molecule has 1 aromatic rings. The molecule has 0 unspecified atom stereocenters. The highest BCUT2D eigenvalue weighted by Gasteiger charge is 2.17. The highest BCUT2D eigenvalue weighted by Crippen LogP contribution is 2.23. The van der Waals surface area contributed by atoms with Crippen LogP contribution in [-0.4, -0.2) is 23.3 Å². The highest BCUT2D eigenvalue weighted by atomic mass is 35.5. The molecule has 1 saturated heterocycles. The molecule has 0 aromatic carbocycles. The van der Waals surface area contributed by atoms with E-state index in [1.807, 2.05) is 32.1 Å². The summed E-state index contributed by atoms with van der Waals surface area (Å²) in [6.07, 6.45) is 11.7. The number of hydrogen-bond acceptors (Lipinski definition) is 2. The fourth-order valence-electron chi connectivity index (χ4n) is 2.37. The molecule has 0 radical (unpaired) electrons. The van der Waals surface area contributed by atoms with Gasteiger partial charge in [-0.05, 0) is 44.5 Å². The van der Waals surface area contributed by atoms with Crippen molar-refractivity contribution in [1.29, 1.82) is 0 Å². The number of H-pyrrole nitrogens is 1. The molecule has 0 amide bonds. The van der Waals surface area contributed by atoms with Crippen molar-refractivity contribution in [2.75, 3.05) is 13.1 Å². The minimum atomic E-state index is 0.598. The van der Waals surface area contributed by atoms with Gasteiger partial charge >= 0.3 is 0 Å². The van der Waals surface area contributed by atoms with Gasteiger partial charge in [0.2, 0.25) is 0 Å². The third kappa shape index (κ3) is 6.63. The first-order valence-electron chi connectivity index (χ1n) is 8.17. The van der Waals surface area contributed by atoms with E-state index in [9.17, 15) is 0 Å². The molecular weight excluding hydrogens is 294 g/mol. The first-order chi connectivity index (χ1) is 10.8. The molecule has 122 valence electrons. The van der Waals surface area contributed by atoms with Crippen molar-refractivity contribution < 1.29 is 0 Å². The summed E-state index contributed by atoms with van der Waals surface area (Å²) in [6.45, 7) is 9.85. The molecule has 0 aliphatic carbocycles. The minimum absolute atomic E-state index is 0.598. The Hall–Kier alpha value is -1.32. The Morgan fingerprint density at radius 3 is 2.82 bits per heavy atom. The van der Waals surface area contributed by atoms with Gasteiger partial charge in [-0.3, -0.25) is 5.10 Å². The van der Waals surface area contributed by atoms with Crippen LogP contribution in [0, 0.1) is 0 Å². The van der Waals surface area contributed by atoms with E-state index in [1.165, 1.54) is 18.5 Å². The number of nitrogens with zero attached hydrogens (tertiary/aromatic N) is 1. The van der Waals surface area contributed by atoms with E-state index in [1.54, 1.807) is 0 Å². The van der Waals surface area contributed by atoms with Gasteiger partial charge in [-0.25, -0.2) is 0 Å². The van der Waals surface area contributed by atoms with Crippen molar-refractivity contribution in [3.8, 4) is 0 Å². The van der Waals surface area contributed by atoms with Crippen molar-refractivity contribution in [2.45, 2.75) is 45.4 Å². The maximum atomic E-state index is 6.05. The zero-order valence-electron chi connectivity index (χ0n) is 13.7. The molecule has 0 spiro atoms. The van der Waals surface area contributed by atoms with E-state index < -0.39 is 0 Å². The number of rotatable bonds is 6. The molecule has 0 saturated carbocycles. The van der Waals surface area contributed by atoms with E-state index >= 15 is 0 Å². The maximum absolute atomic E-state index is 6.05. The molecule has 2 N–H and O–H groups in total. The first-order valence-corrected chi connectivity index (χ1v) is 8.55. The monoisotopic (exact) mass is 321 g/mol. The number of aromatic amines is 1. The molecule has 22 heavy (non-hydrogen) atoms. The van der Waals surface area contributed by atoms with Crippen LogP contribution in [-0.2, 0) is 6.42 Å². The fourth-order valence-corrected chi connectivity index (χ4v) is 2.55. The SMILES string of the molecule is C=CC/C=C(Cl)\C=C/Cc1cc(C2CCNCC2)n[nH]1.CC. The Morgan fingerprint density at radius 1 is 1.41 bits per heavy atom. The zero-order valence-corrected chi connectivity index (χ0v) is 14.5. The second-order valence-corrected chi connectivity index (χ2v) is 5.50. The summed E-state index contributed by atoms with van der Waals surface area (Å²) < 4.78 is 0. The van der Waals surface area contributed by atoms with Gasteiger partial charge in [-0.2, -0.15) is 5.10 Å². The van der Waals surface area contributed by atoms with Gasteiger partial charge < -0.3 is 5.32 Å². The van der Waals surface area contributed by atoms with Crippen molar-refractivity contribution in [3.05, 3.63) is 53.4 Å². The Morgan fingerprint density at radius 2 is 2.14 bits per heavy atom. The van der Waals surface area contributed by atoms with Crippen LogP contribution in [0.15, 0.2) is 42.0 Å². The molecule has 0 atom stereocenters. The van der Waals surface area contributed by atoms with E-state index in [0.29, 0.717) is 5.92 Å². The molecule has 1 aromatic heterocycles. The van der Waals surface area contributed by atoms with Gasteiger partial charge in [0.05, 0.1) is 5.69 Å². The molecule has 2 heterocycles. The lowest BCUT2D eigenvalue weighted by Crippen LogP contribution is -2.26. The summed E-state index contributed by atoms with van der Waals surface area (Å²) in [4.78, 5) is 0. The van der Waals surface area contributed by atoms with Gasteiger partial charge in [-0.1, -0.05) is 43.7 Å². The van der Waals surface area contributed by atoms with Crippen molar-refractivity contribution in [2.24, 2.45) is 0 Å². The number of aromatic nitrogens is 2. The van der Waals surface area contributed by atoms with E-state index in [-0.39, 0.29) is 0 Å². The number of allylic oxidation sites excluding steroid dienone is 5. The first kappa shape index (κ1) is 18.7. The number of piperidine rings is 1. The lowest BCUT2D eigenvalue weighted by molar-refractivity contribution is 0.453. The standard InChI is InChI=1S/C16H22ClN3.C2H6/c1-2-3-5-14(17)6-4-7-15-12-16(20-19-15)13-8-10-18-11-9-13;1-2/h2,4-6,12-13,18H,1,3,7-11H2,(H,19,20);1-2H3/b6-4-,14-5+;. The van der Waals surface area contributed by atoms with Crippen molar-refractivity contribution in [1.82, 2.24) is 15.5 Å². The van der Waals surface area contributed by atoms with E-state index in [4.69, 9.17) is 11.6 Å². The maximum Gasteiger partial charge on any atom is 0.0656 e. The lowest BCUT2D eigenvalue weighted by atomic mass is 9.94. The third-order valence-electron chi connectivity index (χ3n) is 3.50.